The van der Waals surface area contributed by atoms with Crippen LogP contribution in [-0.2, 0) is 19.6 Å². The number of hydrogen-bond donors (Lipinski definition) is 1. The van der Waals surface area contributed by atoms with Gasteiger partial charge in [0.25, 0.3) is 0 Å². The maximum Gasteiger partial charge on any atom is 0.124 e. The first-order chi connectivity index (χ1) is 15.1. The topological polar surface area (TPSA) is 21.3 Å². The van der Waals surface area contributed by atoms with Crippen molar-refractivity contribution in [3.63, 3.8) is 0 Å². The van der Waals surface area contributed by atoms with Crippen LogP contribution < -0.4 is 10.1 Å². The molecule has 0 aliphatic heterocycles. The summed E-state index contributed by atoms with van der Waals surface area (Å²) in [6.45, 7) is 4.17. The molecule has 1 N–H and O–H groups in total. The van der Waals surface area contributed by atoms with Gasteiger partial charge in [-0.25, -0.2) is 0 Å². The van der Waals surface area contributed by atoms with Crippen molar-refractivity contribution in [2.45, 2.75) is 26.5 Å². The molecule has 2 nitrogen and oxygen atoms in total. The molecule has 0 aromatic heterocycles. The highest BCUT2D eigenvalue weighted by molar-refractivity contribution is 6.35. The molecule has 5 heteroatoms. The molecule has 0 aliphatic rings. The fourth-order valence-electron chi connectivity index (χ4n) is 3.64. The molecular weight excluding hydrogens is 461 g/mol. The number of rotatable bonds is 8. The van der Waals surface area contributed by atoms with E-state index in [1.165, 1.54) is 21.9 Å². The van der Waals surface area contributed by atoms with Crippen molar-refractivity contribution in [1.82, 2.24) is 5.32 Å². The van der Waals surface area contributed by atoms with Crippen LogP contribution in [0.5, 0.6) is 5.75 Å². The zero-order valence-corrected chi connectivity index (χ0v) is 20.2. The molecule has 0 saturated heterocycles. The maximum atomic E-state index is 6.31. The smallest absolute Gasteiger partial charge is 0.124 e. The van der Waals surface area contributed by atoms with E-state index in [9.17, 15) is 0 Å². The molecule has 0 fully saturated rings. The van der Waals surface area contributed by atoms with E-state index in [2.05, 4.69) is 72.9 Å². The summed E-state index contributed by atoms with van der Waals surface area (Å²) in [7, 11) is 0. The summed E-state index contributed by atoms with van der Waals surface area (Å²) in [6, 6.07) is 26.7. The van der Waals surface area contributed by atoms with E-state index < -0.39 is 0 Å². The Balaban J connectivity index is 0.00000289. The van der Waals surface area contributed by atoms with Crippen LogP contribution in [0.25, 0.3) is 10.8 Å². The number of fused-ring (bicyclic) bond motifs is 1. The summed E-state index contributed by atoms with van der Waals surface area (Å²) < 4.78 is 6.24. The number of aryl methyl sites for hydroxylation is 1. The molecule has 166 valence electrons. The van der Waals surface area contributed by atoms with Gasteiger partial charge < -0.3 is 10.1 Å². The quantitative estimate of drug-likeness (QED) is 0.257. The average Bonchev–Trinajstić information content (AvgIpc) is 2.78. The van der Waals surface area contributed by atoms with Crippen molar-refractivity contribution < 1.29 is 4.74 Å². The number of nitrogens with one attached hydrogen (secondary N) is 1. The average molecular weight is 487 g/mol. The molecule has 4 aromatic rings. The lowest BCUT2D eigenvalue weighted by Gasteiger charge is -2.15. The van der Waals surface area contributed by atoms with Gasteiger partial charge in [0.2, 0.25) is 0 Å². The van der Waals surface area contributed by atoms with E-state index in [0.29, 0.717) is 16.7 Å². The molecule has 4 aromatic carbocycles. The predicted molar refractivity (Wildman–Crippen MR) is 139 cm³/mol. The number of halogens is 3. The van der Waals surface area contributed by atoms with Crippen molar-refractivity contribution in [3.05, 3.63) is 111 Å². The molecule has 0 aliphatic carbocycles. The van der Waals surface area contributed by atoms with Crippen LogP contribution in [0.4, 0.5) is 0 Å². The van der Waals surface area contributed by atoms with Crippen LogP contribution in [-0.4, -0.2) is 6.54 Å². The van der Waals surface area contributed by atoms with E-state index in [1.54, 1.807) is 6.07 Å². The third kappa shape index (κ3) is 6.17. The SMILES string of the molecule is Cc1ccc(COc2ccc3ccccc3c2CNCCc2ccc(Cl)cc2Cl)cc1.Cl. The summed E-state index contributed by atoms with van der Waals surface area (Å²) in [5, 5.41) is 7.35. The van der Waals surface area contributed by atoms with Gasteiger partial charge in [0.1, 0.15) is 12.4 Å². The zero-order valence-electron chi connectivity index (χ0n) is 17.9. The zero-order chi connectivity index (χ0) is 21.6. The monoisotopic (exact) mass is 485 g/mol. The molecule has 0 bridgehead atoms. The van der Waals surface area contributed by atoms with Crippen LogP contribution in [0.3, 0.4) is 0 Å². The van der Waals surface area contributed by atoms with E-state index in [0.717, 1.165) is 36.4 Å². The lowest BCUT2D eigenvalue weighted by atomic mass is 10.0. The molecule has 4 rings (SSSR count). The van der Waals surface area contributed by atoms with Crippen LogP contribution in [0.2, 0.25) is 10.0 Å². The molecule has 0 radical (unpaired) electrons. The largest absolute Gasteiger partial charge is 0.489 e. The lowest BCUT2D eigenvalue weighted by molar-refractivity contribution is 0.303. The highest BCUT2D eigenvalue weighted by Crippen LogP contribution is 2.29. The van der Waals surface area contributed by atoms with Gasteiger partial charge in [0.05, 0.1) is 0 Å². The number of benzene rings is 4. The minimum Gasteiger partial charge on any atom is -0.489 e. The third-order valence-electron chi connectivity index (χ3n) is 5.40. The second-order valence-electron chi connectivity index (χ2n) is 7.70. The Labute approximate surface area is 205 Å². The standard InChI is InChI=1S/C27H25Cl2NO.ClH/c1-19-6-8-20(9-7-19)18-31-27-13-11-21-4-2-3-5-24(21)25(27)17-30-15-14-22-10-12-23(28)16-26(22)29;/h2-13,16,30H,14-15,17-18H2,1H3;1H. The minimum atomic E-state index is 0. The Morgan fingerprint density at radius 3 is 2.44 bits per heavy atom. The molecular formula is C27H26Cl3NO. The summed E-state index contributed by atoms with van der Waals surface area (Å²) >= 11 is 12.3. The normalized spacial score (nSPS) is 10.7. The number of ether oxygens (including phenoxy) is 1. The maximum absolute atomic E-state index is 6.31. The van der Waals surface area contributed by atoms with Gasteiger partial charge in [0.15, 0.2) is 0 Å². The third-order valence-corrected chi connectivity index (χ3v) is 5.99. The van der Waals surface area contributed by atoms with E-state index in [-0.39, 0.29) is 12.4 Å². The first-order valence-electron chi connectivity index (χ1n) is 10.4. The summed E-state index contributed by atoms with van der Waals surface area (Å²) in [6.07, 6.45) is 0.834. The molecule has 0 spiro atoms. The molecule has 0 saturated carbocycles. The van der Waals surface area contributed by atoms with Gasteiger partial charge in [-0.15, -0.1) is 12.4 Å². The predicted octanol–water partition coefficient (Wildman–Crippen LogP) is 7.79. The van der Waals surface area contributed by atoms with Crippen molar-refractivity contribution in [3.8, 4) is 5.75 Å². The highest BCUT2D eigenvalue weighted by Gasteiger charge is 2.10. The van der Waals surface area contributed by atoms with Gasteiger partial charge >= 0.3 is 0 Å². The van der Waals surface area contributed by atoms with Crippen molar-refractivity contribution in [1.29, 1.82) is 0 Å². The Kier molecular flexibility index (Phi) is 8.84. The van der Waals surface area contributed by atoms with Gasteiger partial charge in [-0.05, 0) is 60.0 Å². The Hall–Kier alpha value is -2.23. The molecule has 0 heterocycles. The Morgan fingerprint density at radius 2 is 1.66 bits per heavy atom. The molecule has 0 atom stereocenters. The van der Waals surface area contributed by atoms with Crippen LogP contribution in [0.15, 0.2) is 78.9 Å². The molecule has 0 unspecified atom stereocenters. The first kappa shape index (κ1) is 24.4. The van der Waals surface area contributed by atoms with Crippen LogP contribution in [0, 0.1) is 6.92 Å². The fourth-order valence-corrected chi connectivity index (χ4v) is 4.14. The summed E-state index contributed by atoms with van der Waals surface area (Å²) in [4.78, 5) is 0. The van der Waals surface area contributed by atoms with Crippen molar-refractivity contribution >= 4 is 46.4 Å². The highest BCUT2D eigenvalue weighted by atomic mass is 35.5. The van der Waals surface area contributed by atoms with Gasteiger partial charge in [-0.1, -0.05) is 89.4 Å². The second kappa shape index (κ2) is 11.6. The van der Waals surface area contributed by atoms with Crippen molar-refractivity contribution in [2.24, 2.45) is 0 Å². The van der Waals surface area contributed by atoms with Crippen molar-refractivity contribution in [2.75, 3.05) is 6.54 Å². The van der Waals surface area contributed by atoms with Crippen LogP contribution in [0.1, 0.15) is 22.3 Å². The number of hydrogen-bond acceptors (Lipinski definition) is 2. The van der Waals surface area contributed by atoms with Gasteiger partial charge in [-0.2, -0.15) is 0 Å². The summed E-state index contributed by atoms with van der Waals surface area (Å²) in [5.74, 6) is 0.913. The summed E-state index contributed by atoms with van der Waals surface area (Å²) in [5.41, 5.74) is 4.68. The van der Waals surface area contributed by atoms with Crippen LogP contribution >= 0.6 is 35.6 Å². The molecule has 0 amide bonds. The first-order valence-corrected chi connectivity index (χ1v) is 11.2. The lowest BCUT2D eigenvalue weighted by Crippen LogP contribution is -2.17. The second-order valence-corrected chi connectivity index (χ2v) is 8.54. The van der Waals surface area contributed by atoms with E-state index in [4.69, 9.17) is 27.9 Å². The minimum absolute atomic E-state index is 0. The fraction of sp³-hybridized carbons (Fsp3) is 0.185. The Morgan fingerprint density at radius 1 is 0.875 bits per heavy atom. The van der Waals surface area contributed by atoms with E-state index >= 15 is 0 Å². The molecule has 32 heavy (non-hydrogen) atoms. The van der Waals surface area contributed by atoms with Gasteiger partial charge in [0, 0.05) is 22.2 Å². The van der Waals surface area contributed by atoms with E-state index in [1.807, 2.05) is 12.1 Å². The Bertz CT molecular complexity index is 1180. The van der Waals surface area contributed by atoms with Gasteiger partial charge in [-0.3, -0.25) is 0 Å².